The van der Waals surface area contributed by atoms with Crippen LogP contribution in [0.15, 0.2) is 11.6 Å². The summed E-state index contributed by atoms with van der Waals surface area (Å²) < 4.78 is 17.7. The van der Waals surface area contributed by atoms with Crippen molar-refractivity contribution in [3.05, 3.63) is 11.6 Å². The van der Waals surface area contributed by atoms with Crippen LogP contribution in [0.5, 0.6) is 0 Å². The molecule has 0 aromatic rings. The van der Waals surface area contributed by atoms with Crippen molar-refractivity contribution in [2.45, 2.75) is 132 Å². The molecule has 0 aliphatic heterocycles. The highest BCUT2D eigenvalue weighted by Crippen LogP contribution is 2.76. The van der Waals surface area contributed by atoms with Crippen molar-refractivity contribution in [3.63, 3.8) is 0 Å². The van der Waals surface area contributed by atoms with Crippen LogP contribution in [0.2, 0.25) is 0 Å². The maximum absolute atomic E-state index is 14.1. The van der Waals surface area contributed by atoms with Gasteiger partial charge in [-0.3, -0.25) is 19.2 Å². The van der Waals surface area contributed by atoms with E-state index in [1.165, 1.54) is 26.3 Å². The molecule has 9 heteroatoms. The Morgan fingerprint density at radius 2 is 1.58 bits per heavy atom. The standard InChI is InChI=1S/C39H61NO8/c1-23-13-16-39(34(45)40-19-10-20-41)18-17-37(8)28(32(39)24(23)2)11-12-31-35(6)21-29(47-26(4)43)33(48-27(5)44)36(7,22-46-25(3)42)30(35)14-15-38(31,37)9/h11,23-24,29-33,41H,10,12-22H2,1-9H3,(H,40,45)/t23-,24+,29-,30?,31?,32?,33+,35+,36+,37-,38-,39+/m1/s1. The average Bonchev–Trinajstić information content (AvgIpc) is 3.00. The Balaban J connectivity index is 1.60. The molecule has 0 aromatic heterocycles. The summed E-state index contributed by atoms with van der Waals surface area (Å²) in [7, 11) is 0. The van der Waals surface area contributed by atoms with Crippen molar-refractivity contribution in [2.24, 2.45) is 56.7 Å². The highest BCUT2D eigenvalue weighted by molar-refractivity contribution is 5.84. The second-order valence-corrected chi connectivity index (χ2v) is 17.3. The van der Waals surface area contributed by atoms with Gasteiger partial charge in [-0.2, -0.15) is 0 Å². The molecular formula is C39H61NO8. The number of ether oxygens (including phenoxy) is 3. The summed E-state index contributed by atoms with van der Waals surface area (Å²) in [6.07, 6.45) is 8.55. The Morgan fingerprint density at radius 3 is 2.21 bits per heavy atom. The monoisotopic (exact) mass is 671 g/mol. The van der Waals surface area contributed by atoms with E-state index in [4.69, 9.17) is 14.2 Å². The van der Waals surface area contributed by atoms with Gasteiger partial charge in [0, 0.05) is 39.3 Å². The summed E-state index contributed by atoms with van der Waals surface area (Å²) in [5, 5.41) is 12.6. The van der Waals surface area contributed by atoms with Gasteiger partial charge < -0.3 is 24.6 Å². The van der Waals surface area contributed by atoms with Crippen molar-refractivity contribution in [1.82, 2.24) is 5.32 Å². The van der Waals surface area contributed by atoms with Gasteiger partial charge in [-0.15, -0.1) is 0 Å². The third kappa shape index (κ3) is 5.62. The minimum absolute atomic E-state index is 0.0470. The molecule has 0 aromatic carbocycles. The number of carbonyl (C=O) groups is 4. The molecule has 5 rings (SSSR count). The molecular weight excluding hydrogens is 610 g/mol. The van der Waals surface area contributed by atoms with E-state index in [1.54, 1.807) is 0 Å². The van der Waals surface area contributed by atoms with Crippen molar-refractivity contribution in [3.8, 4) is 0 Å². The molecule has 3 unspecified atom stereocenters. The molecule has 5 aliphatic carbocycles. The van der Waals surface area contributed by atoms with Gasteiger partial charge in [-0.1, -0.05) is 53.2 Å². The molecule has 2 N–H and O–H groups in total. The first-order valence-corrected chi connectivity index (χ1v) is 18.5. The van der Waals surface area contributed by atoms with Crippen LogP contribution in [-0.2, 0) is 33.4 Å². The van der Waals surface area contributed by atoms with Crippen LogP contribution in [0.1, 0.15) is 120 Å². The van der Waals surface area contributed by atoms with Gasteiger partial charge in [-0.25, -0.2) is 0 Å². The van der Waals surface area contributed by atoms with Gasteiger partial charge in [0.2, 0.25) is 5.91 Å². The summed E-state index contributed by atoms with van der Waals surface area (Å²) in [6.45, 7) is 18.8. The van der Waals surface area contributed by atoms with Gasteiger partial charge in [-0.05, 0) is 104 Å². The van der Waals surface area contributed by atoms with E-state index in [-0.39, 0.29) is 53.1 Å². The number of esters is 3. The van der Waals surface area contributed by atoms with Gasteiger partial charge in [0.15, 0.2) is 0 Å². The van der Waals surface area contributed by atoms with Crippen molar-refractivity contribution in [2.75, 3.05) is 19.8 Å². The summed E-state index contributed by atoms with van der Waals surface area (Å²) in [6, 6.07) is 0. The molecule has 4 fully saturated rings. The summed E-state index contributed by atoms with van der Waals surface area (Å²) in [5.74, 6) is 0.188. The molecule has 270 valence electrons. The van der Waals surface area contributed by atoms with Gasteiger partial charge in [0.1, 0.15) is 18.8 Å². The number of aliphatic hydroxyl groups excluding tert-OH is 1. The molecule has 0 bridgehead atoms. The zero-order valence-electron chi connectivity index (χ0n) is 30.9. The number of rotatable bonds is 8. The van der Waals surface area contributed by atoms with E-state index in [0.29, 0.717) is 31.2 Å². The first-order valence-electron chi connectivity index (χ1n) is 18.5. The summed E-state index contributed by atoms with van der Waals surface area (Å²) >= 11 is 0. The second-order valence-electron chi connectivity index (χ2n) is 17.3. The van der Waals surface area contributed by atoms with Crippen molar-refractivity contribution >= 4 is 23.8 Å². The first kappa shape index (κ1) is 36.9. The highest BCUT2D eigenvalue weighted by Gasteiger charge is 2.72. The van der Waals surface area contributed by atoms with E-state index in [1.807, 2.05) is 6.92 Å². The van der Waals surface area contributed by atoms with Crippen molar-refractivity contribution < 1.29 is 38.5 Å². The molecule has 0 spiro atoms. The fraction of sp³-hybridized carbons (Fsp3) is 0.846. The minimum Gasteiger partial charge on any atom is -0.465 e. The smallest absolute Gasteiger partial charge is 0.303 e. The van der Waals surface area contributed by atoms with Crippen molar-refractivity contribution in [1.29, 1.82) is 0 Å². The third-order valence-electron chi connectivity index (χ3n) is 14.9. The predicted molar refractivity (Wildman–Crippen MR) is 181 cm³/mol. The number of allylic oxidation sites excluding steroid dienone is 2. The molecule has 4 saturated carbocycles. The van der Waals surface area contributed by atoms with Gasteiger partial charge in [0.05, 0.1) is 5.41 Å². The topological polar surface area (TPSA) is 128 Å². The lowest BCUT2D eigenvalue weighted by Crippen LogP contribution is -2.69. The average molecular weight is 672 g/mol. The van der Waals surface area contributed by atoms with E-state index in [0.717, 1.165) is 44.9 Å². The van der Waals surface area contributed by atoms with Gasteiger partial charge in [0.25, 0.3) is 0 Å². The molecule has 9 nitrogen and oxygen atoms in total. The molecule has 12 atom stereocenters. The molecule has 48 heavy (non-hydrogen) atoms. The summed E-state index contributed by atoms with van der Waals surface area (Å²) in [4.78, 5) is 51.3. The maximum atomic E-state index is 14.1. The first-order chi connectivity index (χ1) is 22.4. The van der Waals surface area contributed by atoms with Gasteiger partial charge >= 0.3 is 17.9 Å². The Hall–Kier alpha value is -2.42. The number of hydrogen-bond donors (Lipinski definition) is 2. The number of nitrogens with one attached hydrogen (secondary N) is 1. The quantitative estimate of drug-likeness (QED) is 0.136. The Kier molecular flexibility index (Phi) is 10.0. The number of carbonyl (C=O) groups excluding carboxylic acids is 4. The number of hydrogen-bond acceptors (Lipinski definition) is 8. The molecule has 0 saturated heterocycles. The second kappa shape index (κ2) is 13.0. The summed E-state index contributed by atoms with van der Waals surface area (Å²) in [5.41, 5.74) is -0.297. The zero-order valence-corrected chi connectivity index (χ0v) is 30.9. The van der Waals surface area contributed by atoms with Crippen LogP contribution in [0.25, 0.3) is 0 Å². The van der Waals surface area contributed by atoms with Crippen LogP contribution in [0.3, 0.4) is 0 Å². The molecule has 0 heterocycles. The van der Waals surface area contributed by atoms with Crippen LogP contribution in [0.4, 0.5) is 0 Å². The fourth-order valence-electron chi connectivity index (χ4n) is 12.4. The van der Waals surface area contributed by atoms with E-state index < -0.39 is 40.9 Å². The maximum Gasteiger partial charge on any atom is 0.303 e. The number of fused-ring (bicyclic) bond motifs is 7. The number of aliphatic hydroxyl groups is 1. The normalized spacial score (nSPS) is 44.8. The molecule has 1 amide bonds. The van der Waals surface area contributed by atoms with Crippen LogP contribution < -0.4 is 5.32 Å². The van der Waals surface area contributed by atoms with Crippen LogP contribution >= 0.6 is 0 Å². The third-order valence-corrected chi connectivity index (χ3v) is 14.9. The number of amides is 1. The fourth-order valence-corrected chi connectivity index (χ4v) is 12.4. The lowest BCUT2D eigenvalue weighted by atomic mass is 9.33. The Morgan fingerprint density at radius 1 is 0.896 bits per heavy atom. The van der Waals surface area contributed by atoms with E-state index in [2.05, 4.69) is 46.0 Å². The largest absolute Gasteiger partial charge is 0.465 e. The SMILES string of the molecule is CC(=O)OC[C@@]1(C)C2CC[C@]3(C)C(CC=C4C5[C@@H](C)[C@H](C)CC[C@]5(C(=O)NCCCO)CC[C@]43C)[C@@]2(C)C[C@@H](OC(C)=O)[C@@H]1OC(C)=O. The molecule has 0 radical (unpaired) electrons. The zero-order chi connectivity index (χ0) is 35.4. The Bertz CT molecular complexity index is 1330. The van der Waals surface area contributed by atoms with Crippen LogP contribution in [0, 0.1) is 56.7 Å². The Labute approximate surface area is 287 Å². The molecule has 5 aliphatic rings. The predicted octanol–water partition coefficient (Wildman–Crippen LogP) is 6.16. The van der Waals surface area contributed by atoms with Crippen LogP contribution in [-0.4, -0.2) is 60.9 Å². The lowest BCUT2D eigenvalue weighted by Gasteiger charge is -2.72. The minimum atomic E-state index is -0.766. The van der Waals surface area contributed by atoms with E-state index in [9.17, 15) is 24.3 Å². The highest BCUT2D eigenvalue weighted by atomic mass is 16.6. The van der Waals surface area contributed by atoms with E-state index >= 15 is 0 Å². The lowest BCUT2D eigenvalue weighted by molar-refractivity contribution is -0.255.